The van der Waals surface area contributed by atoms with Crippen molar-refractivity contribution in [3.63, 3.8) is 0 Å². The van der Waals surface area contributed by atoms with Gasteiger partial charge < -0.3 is 10.5 Å². The van der Waals surface area contributed by atoms with Crippen LogP contribution < -0.4 is 10.5 Å². The van der Waals surface area contributed by atoms with E-state index in [-0.39, 0.29) is 11.9 Å². The number of primary amides is 1. The van der Waals surface area contributed by atoms with Gasteiger partial charge in [-0.3, -0.25) is 14.5 Å². The minimum atomic E-state index is -0.416. The SMILES string of the molecule is C[C@H]1[C@H]([C@@H](c2ccccc2)c2ccc(C(N)=O)cc2)CCN1CCC(=O)Oc1ccccc1. The van der Waals surface area contributed by atoms with Crippen LogP contribution in [0, 0.1) is 5.92 Å². The maximum atomic E-state index is 12.3. The summed E-state index contributed by atoms with van der Waals surface area (Å²) in [6.07, 6.45) is 1.39. The first-order chi connectivity index (χ1) is 16.0. The number of carbonyl (C=O) groups excluding carboxylic acids is 2. The number of benzene rings is 3. The van der Waals surface area contributed by atoms with E-state index < -0.39 is 5.91 Å². The van der Waals surface area contributed by atoms with Crippen molar-refractivity contribution >= 4 is 11.9 Å². The second-order valence-corrected chi connectivity index (χ2v) is 8.64. The van der Waals surface area contributed by atoms with E-state index in [1.165, 1.54) is 11.1 Å². The topological polar surface area (TPSA) is 72.6 Å². The molecule has 1 aliphatic heterocycles. The molecule has 33 heavy (non-hydrogen) atoms. The number of ether oxygens (including phenoxy) is 1. The van der Waals surface area contributed by atoms with E-state index >= 15 is 0 Å². The molecule has 170 valence electrons. The molecule has 1 aliphatic rings. The van der Waals surface area contributed by atoms with Crippen molar-refractivity contribution in [2.45, 2.75) is 31.7 Å². The van der Waals surface area contributed by atoms with Crippen LogP contribution in [0.25, 0.3) is 0 Å². The van der Waals surface area contributed by atoms with Crippen LogP contribution in [0.15, 0.2) is 84.9 Å². The fraction of sp³-hybridized carbons (Fsp3) is 0.286. The molecule has 5 nitrogen and oxygen atoms in total. The van der Waals surface area contributed by atoms with Gasteiger partial charge in [-0.2, -0.15) is 0 Å². The van der Waals surface area contributed by atoms with Gasteiger partial charge in [-0.1, -0.05) is 60.7 Å². The maximum Gasteiger partial charge on any atom is 0.312 e. The van der Waals surface area contributed by atoms with Crippen LogP contribution in [0.1, 0.15) is 47.2 Å². The molecule has 0 unspecified atom stereocenters. The molecule has 5 heteroatoms. The Morgan fingerprint density at radius 3 is 2.18 bits per heavy atom. The molecule has 3 aromatic carbocycles. The van der Waals surface area contributed by atoms with Crippen LogP contribution in [0.5, 0.6) is 5.75 Å². The largest absolute Gasteiger partial charge is 0.426 e. The Hall–Kier alpha value is -3.44. The van der Waals surface area contributed by atoms with Crippen molar-refractivity contribution < 1.29 is 14.3 Å². The average molecular weight is 443 g/mol. The van der Waals surface area contributed by atoms with Gasteiger partial charge in [0.25, 0.3) is 0 Å². The summed E-state index contributed by atoms with van der Waals surface area (Å²) < 4.78 is 5.45. The van der Waals surface area contributed by atoms with Gasteiger partial charge in [0.2, 0.25) is 5.91 Å². The van der Waals surface area contributed by atoms with E-state index in [0.717, 1.165) is 13.0 Å². The molecule has 1 fully saturated rings. The number of hydrogen-bond donors (Lipinski definition) is 1. The van der Waals surface area contributed by atoms with E-state index in [0.29, 0.717) is 36.2 Å². The van der Waals surface area contributed by atoms with Gasteiger partial charge in [0.1, 0.15) is 5.75 Å². The lowest BCUT2D eigenvalue weighted by atomic mass is 9.77. The van der Waals surface area contributed by atoms with Crippen LogP contribution >= 0.6 is 0 Å². The molecule has 0 aromatic heterocycles. The van der Waals surface area contributed by atoms with Gasteiger partial charge in [0.05, 0.1) is 6.42 Å². The van der Waals surface area contributed by atoms with Crippen LogP contribution in [0.3, 0.4) is 0 Å². The summed E-state index contributed by atoms with van der Waals surface area (Å²) in [6, 6.07) is 27.6. The number of amides is 1. The fourth-order valence-electron chi connectivity index (χ4n) is 4.90. The van der Waals surface area contributed by atoms with Crippen molar-refractivity contribution in [1.82, 2.24) is 4.90 Å². The molecule has 0 aliphatic carbocycles. The zero-order valence-electron chi connectivity index (χ0n) is 18.9. The summed E-state index contributed by atoms with van der Waals surface area (Å²) in [7, 11) is 0. The first-order valence-electron chi connectivity index (χ1n) is 11.5. The number of likely N-dealkylation sites (tertiary alicyclic amines) is 1. The molecular formula is C28H30N2O3. The van der Waals surface area contributed by atoms with E-state index in [1.54, 1.807) is 12.1 Å². The molecule has 1 amide bonds. The van der Waals surface area contributed by atoms with Crippen LogP contribution in [0.4, 0.5) is 0 Å². The number of nitrogens with zero attached hydrogens (tertiary/aromatic N) is 1. The van der Waals surface area contributed by atoms with E-state index in [9.17, 15) is 9.59 Å². The van der Waals surface area contributed by atoms with Gasteiger partial charge in [-0.25, -0.2) is 0 Å². The van der Waals surface area contributed by atoms with Gasteiger partial charge in [0, 0.05) is 24.1 Å². The van der Waals surface area contributed by atoms with Crippen LogP contribution in [-0.4, -0.2) is 35.9 Å². The summed E-state index contributed by atoms with van der Waals surface area (Å²) in [6.45, 7) is 3.85. The molecule has 3 atom stereocenters. The number of nitrogens with two attached hydrogens (primary N) is 1. The van der Waals surface area contributed by atoms with E-state index in [2.05, 4.69) is 36.1 Å². The second kappa shape index (κ2) is 10.5. The molecule has 4 rings (SSSR count). The highest BCUT2D eigenvalue weighted by Gasteiger charge is 2.37. The predicted molar refractivity (Wildman–Crippen MR) is 129 cm³/mol. The fourth-order valence-corrected chi connectivity index (χ4v) is 4.90. The van der Waals surface area contributed by atoms with Crippen LogP contribution in [-0.2, 0) is 4.79 Å². The molecule has 1 saturated heterocycles. The molecule has 0 spiro atoms. The lowest BCUT2D eigenvalue weighted by Crippen LogP contribution is -2.34. The quantitative estimate of drug-likeness (QED) is 0.408. The molecule has 3 aromatic rings. The lowest BCUT2D eigenvalue weighted by molar-refractivity contribution is -0.134. The summed E-state index contributed by atoms with van der Waals surface area (Å²) in [5.41, 5.74) is 8.38. The number of hydrogen-bond acceptors (Lipinski definition) is 4. The maximum absolute atomic E-state index is 12.3. The highest BCUT2D eigenvalue weighted by Crippen LogP contribution is 2.41. The standard InChI is InChI=1S/C28H30N2O3/c1-20-25(16-18-30(20)19-17-26(31)33-24-10-6-3-7-11-24)27(21-8-4-2-5-9-21)22-12-14-23(15-13-22)28(29)32/h2-15,20,25,27H,16-19H2,1H3,(H2,29,32)/t20-,25+,27-/m0/s1. The lowest BCUT2D eigenvalue weighted by Gasteiger charge is -2.31. The highest BCUT2D eigenvalue weighted by atomic mass is 16.5. The number of carbonyl (C=O) groups is 2. The van der Waals surface area contributed by atoms with Crippen LogP contribution in [0.2, 0.25) is 0 Å². The Labute approximate surface area is 195 Å². The molecule has 1 heterocycles. The predicted octanol–water partition coefficient (Wildman–Crippen LogP) is 4.62. The summed E-state index contributed by atoms with van der Waals surface area (Å²) in [5, 5.41) is 0. The summed E-state index contributed by atoms with van der Waals surface area (Å²) in [5.74, 6) is 0.541. The molecule has 0 radical (unpaired) electrons. The first-order valence-corrected chi connectivity index (χ1v) is 11.5. The van der Waals surface area contributed by atoms with Crippen molar-refractivity contribution in [2.75, 3.05) is 13.1 Å². The Kier molecular flexibility index (Phi) is 7.20. The smallest absolute Gasteiger partial charge is 0.312 e. The molecule has 0 bridgehead atoms. The average Bonchev–Trinajstić information content (AvgIpc) is 3.19. The Bertz CT molecular complexity index is 1070. The summed E-state index contributed by atoms with van der Waals surface area (Å²) in [4.78, 5) is 26.2. The molecule has 2 N–H and O–H groups in total. The third-order valence-electron chi connectivity index (χ3n) is 6.66. The minimum absolute atomic E-state index is 0.199. The first kappa shape index (κ1) is 22.7. The van der Waals surface area contributed by atoms with Gasteiger partial charge in [0.15, 0.2) is 0 Å². The Balaban J connectivity index is 1.47. The Morgan fingerprint density at radius 1 is 0.939 bits per heavy atom. The second-order valence-electron chi connectivity index (χ2n) is 8.64. The van der Waals surface area contributed by atoms with Crippen molar-refractivity contribution in [3.05, 3.63) is 102 Å². The normalized spacial score (nSPS) is 19.2. The number of esters is 1. The molecule has 0 saturated carbocycles. The zero-order valence-corrected chi connectivity index (χ0v) is 18.9. The van der Waals surface area contributed by atoms with Gasteiger partial charge in [-0.05, 0) is 61.2 Å². The van der Waals surface area contributed by atoms with E-state index in [4.69, 9.17) is 10.5 Å². The van der Waals surface area contributed by atoms with Crippen molar-refractivity contribution in [1.29, 1.82) is 0 Å². The van der Waals surface area contributed by atoms with E-state index in [1.807, 2.05) is 48.5 Å². The minimum Gasteiger partial charge on any atom is -0.426 e. The van der Waals surface area contributed by atoms with Crippen molar-refractivity contribution in [3.8, 4) is 5.75 Å². The number of rotatable bonds is 8. The van der Waals surface area contributed by atoms with Crippen molar-refractivity contribution in [2.24, 2.45) is 11.7 Å². The number of para-hydroxylation sites is 1. The molecular weight excluding hydrogens is 412 g/mol. The van der Waals surface area contributed by atoms with Gasteiger partial charge in [-0.15, -0.1) is 0 Å². The summed E-state index contributed by atoms with van der Waals surface area (Å²) >= 11 is 0. The third kappa shape index (κ3) is 5.49. The Morgan fingerprint density at radius 2 is 1.55 bits per heavy atom. The zero-order chi connectivity index (χ0) is 23.2. The van der Waals surface area contributed by atoms with Gasteiger partial charge >= 0.3 is 5.97 Å². The third-order valence-corrected chi connectivity index (χ3v) is 6.66. The monoisotopic (exact) mass is 442 g/mol. The highest BCUT2D eigenvalue weighted by molar-refractivity contribution is 5.92.